The lowest BCUT2D eigenvalue weighted by Crippen LogP contribution is -2.33. The molecule has 0 spiro atoms. The van der Waals surface area contributed by atoms with Gasteiger partial charge in [0, 0.05) is 11.8 Å². The highest BCUT2D eigenvalue weighted by molar-refractivity contribution is 6.04. The number of hydrogen-bond acceptors (Lipinski definition) is 6. The molecule has 0 aliphatic carbocycles. The van der Waals surface area contributed by atoms with Gasteiger partial charge in [-0.3, -0.25) is 14.4 Å². The minimum Gasteiger partial charge on any atom is -0.477 e. The van der Waals surface area contributed by atoms with E-state index in [1.165, 1.54) is 7.11 Å². The van der Waals surface area contributed by atoms with Crippen LogP contribution in [-0.2, 0) is 25.5 Å². The maximum atomic E-state index is 12.8. The van der Waals surface area contributed by atoms with Crippen molar-refractivity contribution in [1.82, 2.24) is 4.98 Å². The van der Waals surface area contributed by atoms with Gasteiger partial charge >= 0.3 is 17.9 Å². The second kappa shape index (κ2) is 6.70. The number of carboxylic acids is 1. The molecule has 1 fully saturated rings. The highest BCUT2D eigenvalue weighted by Crippen LogP contribution is 2.37. The summed E-state index contributed by atoms with van der Waals surface area (Å²) in [6.07, 6.45) is -0.748. The van der Waals surface area contributed by atoms with E-state index >= 15 is 0 Å². The van der Waals surface area contributed by atoms with Gasteiger partial charge in [-0.1, -0.05) is 13.8 Å². The fourth-order valence-corrected chi connectivity index (χ4v) is 3.04. The van der Waals surface area contributed by atoms with E-state index in [0.717, 1.165) is 0 Å². The quantitative estimate of drug-likeness (QED) is 0.590. The fourth-order valence-electron chi connectivity index (χ4n) is 3.04. The SMILES string of the molecule is COC(=O)CCc1c(C(=O)O)[nH]c(C(=O)C2OC(=O)CC2(C)C)c1C. The zero-order chi connectivity index (χ0) is 18.9. The molecule has 0 saturated carbocycles. The van der Waals surface area contributed by atoms with Gasteiger partial charge in [0.2, 0.25) is 5.78 Å². The van der Waals surface area contributed by atoms with Gasteiger partial charge in [-0.05, 0) is 24.5 Å². The van der Waals surface area contributed by atoms with Gasteiger partial charge in [-0.25, -0.2) is 4.79 Å². The molecule has 136 valence electrons. The third kappa shape index (κ3) is 3.57. The summed E-state index contributed by atoms with van der Waals surface area (Å²) >= 11 is 0. The van der Waals surface area contributed by atoms with Gasteiger partial charge in [-0.2, -0.15) is 0 Å². The number of esters is 2. The van der Waals surface area contributed by atoms with Crippen LogP contribution in [0.4, 0.5) is 0 Å². The minimum atomic E-state index is -1.23. The molecule has 1 aromatic heterocycles. The van der Waals surface area contributed by atoms with Crippen molar-refractivity contribution in [3.8, 4) is 0 Å². The molecule has 2 N–H and O–H groups in total. The maximum absolute atomic E-state index is 12.8. The number of ketones is 1. The summed E-state index contributed by atoms with van der Waals surface area (Å²) in [4.78, 5) is 49.8. The number of methoxy groups -OCH3 is 1. The molecule has 1 aromatic rings. The van der Waals surface area contributed by atoms with Crippen molar-refractivity contribution < 1.29 is 33.8 Å². The third-order valence-corrected chi connectivity index (χ3v) is 4.44. The number of carbonyl (C=O) groups excluding carboxylic acids is 3. The first kappa shape index (κ1) is 18.7. The number of aromatic nitrogens is 1. The predicted octanol–water partition coefficient (Wildman–Crippen LogP) is 1.65. The number of carboxylic acid groups (broad SMARTS) is 1. The number of ether oxygens (including phenoxy) is 2. The Bertz CT molecular complexity index is 744. The molecule has 8 heteroatoms. The first-order valence-electron chi connectivity index (χ1n) is 7.83. The zero-order valence-corrected chi connectivity index (χ0v) is 14.6. The van der Waals surface area contributed by atoms with Crippen LogP contribution in [0.1, 0.15) is 58.8 Å². The molecule has 0 amide bonds. The molecule has 0 radical (unpaired) electrons. The Morgan fingerprint density at radius 2 is 1.96 bits per heavy atom. The molecule has 2 heterocycles. The number of carbonyl (C=O) groups is 4. The van der Waals surface area contributed by atoms with Gasteiger partial charge in [0.05, 0.1) is 19.2 Å². The lowest BCUT2D eigenvalue weighted by Gasteiger charge is -2.22. The smallest absolute Gasteiger partial charge is 0.352 e. The lowest BCUT2D eigenvalue weighted by atomic mass is 9.82. The standard InChI is InChI=1S/C17H21NO7/c1-8-9(5-6-10(19)24-4)13(16(22)23)18-12(8)14(21)15-17(2,3)7-11(20)25-15/h15,18H,5-7H2,1-4H3,(H,22,23). The van der Waals surface area contributed by atoms with Crippen molar-refractivity contribution in [1.29, 1.82) is 0 Å². The highest BCUT2D eigenvalue weighted by atomic mass is 16.6. The summed E-state index contributed by atoms with van der Waals surface area (Å²) in [5.74, 6) is -2.64. The number of aromatic amines is 1. The van der Waals surface area contributed by atoms with Crippen LogP contribution in [0.15, 0.2) is 0 Å². The van der Waals surface area contributed by atoms with E-state index in [0.29, 0.717) is 11.1 Å². The van der Waals surface area contributed by atoms with E-state index in [4.69, 9.17) is 4.74 Å². The van der Waals surface area contributed by atoms with Crippen molar-refractivity contribution in [2.75, 3.05) is 7.11 Å². The van der Waals surface area contributed by atoms with Gasteiger partial charge in [0.25, 0.3) is 0 Å². The Labute approximate surface area is 144 Å². The first-order valence-corrected chi connectivity index (χ1v) is 7.83. The van der Waals surface area contributed by atoms with Crippen LogP contribution in [0.25, 0.3) is 0 Å². The van der Waals surface area contributed by atoms with Crippen molar-refractivity contribution in [3.05, 3.63) is 22.5 Å². The summed E-state index contributed by atoms with van der Waals surface area (Å²) in [6, 6.07) is 0. The Balaban J connectivity index is 2.38. The van der Waals surface area contributed by atoms with Crippen LogP contribution in [-0.4, -0.2) is 47.0 Å². The number of aromatic carboxylic acids is 1. The van der Waals surface area contributed by atoms with Gasteiger partial charge in [0.15, 0.2) is 6.10 Å². The molecule has 1 atom stereocenters. The number of hydrogen-bond donors (Lipinski definition) is 2. The molecular formula is C17H21NO7. The average molecular weight is 351 g/mol. The monoisotopic (exact) mass is 351 g/mol. The minimum absolute atomic E-state index is 0.00693. The van der Waals surface area contributed by atoms with Crippen molar-refractivity contribution in [2.45, 2.75) is 46.1 Å². The Morgan fingerprint density at radius 1 is 1.32 bits per heavy atom. The molecule has 0 bridgehead atoms. The molecule has 0 aromatic carbocycles. The van der Waals surface area contributed by atoms with E-state index < -0.39 is 35.2 Å². The molecular weight excluding hydrogens is 330 g/mol. The molecule has 8 nitrogen and oxygen atoms in total. The van der Waals surface area contributed by atoms with Crippen LogP contribution < -0.4 is 0 Å². The Kier molecular flexibility index (Phi) is 5.01. The molecule has 1 aliphatic heterocycles. The molecule has 1 saturated heterocycles. The molecule has 25 heavy (non-hydrogen) atoms. The van der Waals surface area contributed by atoms with E-state index in [1.807, 2.05) is 0 Å². The maximum Gasteiger partial charge on any atom is 0.352 e. The van der Waals surface area contributed by atoms with Crippen LogP contribution in [0.2, 0.25) is 0 Å². The lowest BCUT2D eigenvalue weighted by molar-refractivity contribution is -0.141. The van der Waals surface area contributed by atoms with Crippen molar-refractivity contribution >= 4 is 23.7 Å². The second-order valence-corrected chi connectivity index (χ2v) is 6.76. The third-order valence-electron chi connectivity index (χ3n) is 4.44. The number of cyclic esters (lactones) is 1. The van der Waals surface area contributed by atoms with Crippen molar-refractivity contribution in [3.63, 3.8) is 0 Å². The molecule has 2 rings (SSSR count). The van der Waals surface area contributed by atoms with E-state index in [-0.39, 0.29) is 30.7 Å². The number of Topliss-reactive ketones (excluding diaryl/α,β-unsaturated/α-hetero) is 1. The van der Waals surface area contributed by atoms with E-state index in [2.05, 4.69) is 9.72 Å². The van der Waals surface area contributed by atoms with Crippen molar-refractivity contribution in [2.24, 2.45) is 5.41 Å². The topological polar surface area (TPSA) is 123 Å². The predicted molar refractivity (Wildman–Crippen MR) is 85.4 cm³/mol. The van der Waals surface area contributed by atoms with Gasteiger partial charge in [0.1, 0.15) is 5.69 Å². The van der Waals surface area contributed by atoms with Gasteiger partial charge in [-0.15, -0.1) is 0 Å². The van der Waals surface area contributed by atoms with Crippen LogP contribution >= 0.6 is 0 Å². The summed E-state index contributed by atoms with van der Waals surface area (Å²) in [6.45, 7) is 5.09. The number of H-pyrrole nitrogens is 1. The van der Waals surface area contributed by atoms with Crippen LogP contribution in [0.3, 0.4) is 0 Å². The number of rotatable bonds is 6. The zero-order valence-electron chi connectivity index (χ0n) is 14.6. The van der Waals surface area contributed by atoms with Crippen LogP contribution in [0.5, 0.6) is 0 Å². The normalized spacial score (nSPS) is 18.7. The molecule has 1 aliphatic rings. The van der Waals surface area contributed by atoms with E-state index in [9.17, 15) is 24.3 Å². The first-order chi connectivity index (χ1) is 11.6. The van der Waals surface area contributed by atoms with Gasteiger partial charge < -0.3 is 19.6 Å². The number of nitrogens with one attached hydrogen (secondary N) is 1. The largest absolute Gasteiger partial charge is 0.477 e. The molecule has 1 unspecified atom stereocenters. The Morgan fingerprint density at radius 3 is 2.44 bits per heavy atom. The Hall–Kier alpha value is -2.64. The summed E-state index contributed by atoms with van der Waals surface area (Å²) in [7, 11) is 1.25. The highest BCUT2D eigenvalue weighted by Gasteiger charge is 2.47. The van der Waals surface area contributed by atoms with Crippen LogP contribution in [0, 0.1) is 12.3 Å². The fraction of sp³-hybridized carbons (Fsp3) is 0.529. The average Bonchev–Trinajstić information content (AvgIpc) is 2.99. The van der Waals surface area contributed by atoms with E-state index in [1.54, 1.807) is 20.8 Å². The second-order valence-electron chi connectivity index (χ2n) is 6.76. The summed E-state index contributed by atoms with van der Waals surface area (Å²) < 4.78 is 9.71. The summed E-state index contributed by atoms with van der Waals surface area (Å²) in [5, 5.41) is 9.37. The summed E-state index contributed by atoms with van der Waals surface area (Å²) in [5.41, 5.74) is 0.0618.